The molecule has 0 N–H and O–H groups in total. The summed E-state index contributed by atoms with van der Waals surface area (Å²) in [4.78, 5) is 15.2. The lowest BCUT2D eigenvalue weighted by Crippen LogP contribution is -2.30. The second kappa shape index (κ2) is 18.5. The van der Waals surface area contributed by atoms with E-state index in [1.165, 1.54) is 36.0 Å². The van der Waals surface area contributed by atoms with Crippen molar-refractivity contribution in [2.75, 3.05) is 0 Å². The first kappa shape index (κ1) is 43.3. The Labute approximate surface area is 409 Å². The van der Waals surface area contributed by atoms with Crippen molar-refractivity contribution in [2.24, 2.45) is 0 Å². The van der Waals surface area contributed by atoms with Gasteiger partial charge in [0.05, 0.1) is 0 Å². The molecule has 0 atom stereocenters. The number of fused-ring (bicyclic) bond motifs is 2. The van der Waals surface area contributed by atoms with E-state index in [1.807, 2.05) is 84.9 Å². The van der Waals surface area contributed by atoms with Gasteiger partial charge in [0.15, 0.2) is 24.6 Å². The van der Waals surface area contributed by atoms with Crippen LogP contribution in [0.15, 0.2) is 243 Å². The zero-order valence-electron chi connectivity index (χ0n) is 38.8. The SMILES string of the molecule is O=P(c1ccccc1)(c1ccccc1)c1c2ccccc2c(-c2ccc(C3(c4ccc(-c5nc(-c6ccccc6)nc(-c6ccc(-c7ccccc7)cc6)n5)cc4)CCCCC3)cc2)c2ccccc12. The summed E-state index contributed by atoms with van der Waals surface area (Å²) >= 11 is 0. The van der Waals surface area contributed by atoms with Gasteiger partial charge in [0.2, 0.25) is 0 Å². The van der Waals surface area contributed by atoms with Crippen LogP contribution in [-0.4, -0.2) is 15.0 Å². The summed E-state index contributed by atoms with van der Waals surface area (Å²) in [6, 6.07) is 84.7. The molecule has 10 aromatic carbocycles. The fraction of sp³-hybridized carbons (Fsp3) is 0.0923. The Morgan fingerprint density at radius 2 is 0.643 bits per heavy atom. The standard InChI is InChI=1S/C65H50N3OP/c69-70(54-24-10-3-11-25-54,55-26-12-4-13-27-55)61-58-30-16-14-28-56(58)60(57-29-15-17-31-59(57)61)48-36-40-52(41-37-48)65(44-18-5-19-45-65)53-42-38-51(39-43-53)64-67-62(49-22-8-2-9-23-49)66-63(68-64)50-34-32-47(33-35-50)46-20-6-1-7-21-46/h1-4,6-17,20-43H,5,18-19,44-45H2. The maximum absolute atomic E-state index is 16.2. The molecule has 70 heavy (non-hydrogen) atoms. The van der Waals surface area contributed by atoms with Crippen LogP contribution in [0, 0.1) is 0 Å². The van der Waals surface area contributed by atoms with Crippen LogP contribution in [-0.2, 0) is 9.98 Å². The second-order valence-electron chi connectivity index (χ2n) is 18.5. The molecule has 0 unspecified atom stereocenters. The zero-order chi connectivity index (χ0) is 46.9. The van der Waals surface area contributed by atoms with E-state index in [1.54, 1.807) is 0 Å². The lowest BCUT2D eigenvalue weighted by molar-refractivity contribution is 0.346. The van der Waals surface area contributed by atoms with Crippen molar-refractivity contribution in [1.82, 2.24) is 15.0 Å². The Balaban J connectivity index is 0.930. The molecule has 0 spiro atoms. The molecule has 0 amide bonds. The predicted molar refractivity (Wildman–Crippen MR) is 292 cm³/mol. The fourth-order valence-electron chi connectivity index (χ4n) is 11.0. The molecule has 0 bridgehead atoms. The first-order valence-electron chi connectivity index (χ1n) is 24.4. The van der Waals surface area contributed by atoms with Gasteiger partial charge in [-0.2, -0.15) is 0 Å². The van der Waals surface area contributed by atoms with Crippen molar-refractivity contribution in [1.29, 1.82) is 0 Å². The molecule has 4 nitrogen and oxygen atoms in total. The van der Waals surface area contributed by atoms with Gasteiger partial charge in [-0.1, -0.05) is 262 Å². The lowest BCUT2D eigenvalue weighted by atomic mass is 9.65. The van der Waals surface area contributed by atoms with Crippen molar-refractivity contribution in [3.05, 3.63) is 254 Å². The summed E-state index contributed by atoms with van der Waals surface area (Å²) in [5, 5.41) is 6.78. The monoisotopic (exact) mass is 919 g/mol. The smallest absolute Gasteiger partial charge is 0.172 e. The summed E-state index contributed by atoms with van der Waals surface area (Å²) in [5.74, 6) is 1.95. The van der Waals surface area contributed by atoms with Crippen LogP contribution in [0.4, 0.5) is 0 Å². The molecule has 5 heteroatoms. The minimum Gasteiger partial charge on any atom is -0.309 e. The second-order valence-corrected chi connectivity index (χ2v) is 21.2. The molecule has 1 aromatic heterocycles. The Morgan fingerprint density at radius 1 is 0.314 bits per heavy atom. The van der Waals surface area contributed by atoms with E-state index in [9.17, 15) is 0 Å². The van der Waals surface area contributed by atoms with Crippen molar-refractivity contribution >= 4 is 44.6 Å². The average molecular weight is 920 g/mol. The summed E-state index contributed by atoms with van der Waals surface area (Å²) in [7, 11) is -3.33. The largest absolute Gasteiger partial charge is 0.309 e. The number of hydrogen-bond acceptors (Lipinski definition) is 4. The van der Waals surface area contributed by atoms with Crippen LogP contribution < -0.4 is 15.9 Å². The normalized spacial score (nSPS) is 13.6. The number of nitrogens with zero attached hydrogens (tertiary/aromatic N) is 3. The van der Waals surface area contributed by atoms with E-state index in [4.69, 9.17) is 15.0 Å². The first-order valence-corrected chi connectivity index (χ1v) is 26.1. The van der Waals surface area contributed by atoms with E-state index < -0.39 is 7.14 Å². The molecule has 336 valence electrons. The maximum atomic E-state index is 16.2. The van der Waals surface area contributed by atoms with E-state index in [-0.39, 0.29) is 5.41 Å². The first-order chi connectivity index (χ1) is 34.6. The van der Waals surface area contributed by atoms with Crippen LogP contribution >= 0.6 is 7.14 Å². The fourth-order valence-corrected chi connectivity index (χ4v) is 14.1. The van der Waals surface area contributed by atoms with Gasteiger partial charge >= 0.3 is 0 Å². The van der Waals surface area contributed by atoms with Crippen molar-refractivity contribution in [3.8, 4) is 56.4 Å². The average Bonchev–Trinajstić information content (AvgIpc) is 3.45. The van der Waals surface area contributed by atoms with E-state index >= 15 is 4.57 Å². The number of aromatic nitrogens is 3. The molecule has 12 rings (SSSR count). The van der Waals surface area contributed by atoms with Gasteiger partial charge in [0, 0.05) is 38.0 Å². The molecule has 1 heterocycles. The Kier molecular flexibility index (Phi) is 11.4. The molecule has 1 fully saturated rings. The van der Waals surface area contributed by atoms with Gasteiger partial charge in [-0.3, -0.25) is 0 Å². The Hall–Kier alpha value is -8.04. The molecule has 1 aliphatic carbocycles. The minimum absolute atomic E-state index is 0.138. The number of hydrogen-bond donors (Lipinski definition) is 0. The molecule has 0 saturated heterocycles. The third kappa shape index (κ3) is 7.75. The van der Waals surface area contributed by atoms with Crippen LogP contribution in [0.3, 0.4) is 0 Å². The van der Waals surface area contributed by atoms with Crippen LogP contribution in [0.5, 0.6) is 0 Å². The molecule has 0 radical (unpaired) electrons. The minimum atomic E-state index is -3.33. The highest BCUT2D eigenvalue weighted by atomic mass is 31.2. The van der Waals surface area contributed by atoms with Crippen molar-refractivity contribution < 1.29 is 4.57 Å². The molecule has 0 aliphatic heterocycles. The van der Waals surface area contributed by atoms with Gasteiger partial charge in [-0.05, 0) is 67.8 Å². The summed E-state index contributed by atoms with van der Waals surface area (Å²) in [6.07, 6.45) is 5.73. The maximum Gasteiger partial charge on any atom is 0.172 e. The molecule has 1 saturated carbocycles. The topological polar surface area (TPSA) is 55.7 Å². The Bertz CT molecular complexity index is 3570. The quantitative estimate of drug-likeness (QED) is 0.101. The van der Waals surface area contributed by atoms with Crippen LogP contribution in [0.25, 0.3) is 78.0 Å². The highest BCUT2D eigenvalue weighted by Crippen LogP contribution is 2.50. The van der Waals surface area contributed by atoms with Crippen molar-refractivity contribution in [2.45, 2.75) is 37.5 Å². The van der Waals surface area contributed by atoms with Gasteiger partial charge in [-0.25, -0.2) is 15.0 Å². The molecular formula is C65H50N3OP. The third-order valence-corrected chi connectivity index (χ3v) is 17.7. The van der Waals surface area contributed by atoms with Gasteiger partial charge in [0.1, 0.15) is 0 Å². The number of benzene rings is 10. The summed E-state index contributed by atoms with van der Waals surface area (Å²) < 4.78 is 16.2. The highest BCUT2D eigenvalue weighted by Gasteiger charge is 2.37. The highest BCUT2D eigenvalue weighted by molar-refractivity contribution is 7.86. The number of rotatable bonds is 10. The summed E-state index contributed by atoms with van der Waals surface area (Å²) in [5.41, 5.74) is 9.99. The van der Waals surface area contributed by atoms with Gasteiger partial charge < -0.3 is 4.57 Å². The molecule has 1 aliphatic rings. The summed E-state index contributed by atoms with van der Waals surface area (Å²) in [6.45, 7) is 0. The third-order valence-electron chi connectivity index (χ3n) is 14.5. The van der Waals surface area contributed by atoms with Crippen LogP contribution in [0.2, 0.25) is 0 Å². The van der Waals surface area contributed by atoms with Crippen LogP contribution in [0.1, 0.15) is 43.2 Å². The predicted octanol–water partition coefficient (Wildman–Crippen LogP) is 15.4. The lowest BCUT2D eigenvalue weighted by Gasteiger charge is -2.39. The van der Waals surface area contributed by atoms with Crippen molar-refractivity contribution in [3.63, 3.8) is 0 Å². The van der Waals surface area contributed by atoms with E-state index in [0.29, 0.717) is 17.5 Å². The van der Waals surface area contributed by atoms with Gasteiger partial charge in [0.25, 0.3) is 0 Å². The molecule has 11 aromatic rings. The molecular weight excluding hydrogens is 870 g/mol. The Morgan fingerprint density at radius 3 is 1.10 bits per heavy atom. The van der Waals surface area contributed by atoms with E-state index in [0.717, 1.165) is 83.7 Å². The van der Waals surface area contributed by atoms with Gasteiger partial charge in [-0.15, -0.1) is 0 Å². The van der Waals surface area contributed by atoms with E-state index in [2.05, 4.69) is 158 Å². The zero-order valence-corrected chi connectivity index (χ0v) is 39.7.